The van der Waals surface area contributed by atoms with Crippen molar-refractivity contribution in [2.24, 2.45) is 10.4 Å². The maximum Gasteiger partial charge on any atom is 0.193 e. The molecule has 0 radical (unpaired) electrons. The van der Waals surface area contributed by atoms with E-state index in [1.54, 1.807) is 10.9 Å². The first kappa shape index (κ1) is 18.4. The Bertz CT molecular complexity index is 720. The van der Waals surface area contributed by atoms with Crippen LogP contribution in [0.1, 0.15) is 45.1 Å². The second kappa shape index (κ2) is 8.34. The molecule has 2 aromatic heterocycles. The lowest BCUT2D eigenvalue weighted by Crippen LogP contribution is -2.49. The number of hydrogen-bond donors (Lipinski definition) is 1. The van der Waals surface area contributed by atoms with Gasteiger partial charge in [0.2, 0.25) is 0 Å². The van der Waals surface area contributed by atoms with Crippen molar-refractivity contribution in [2.45, 2.75) is 46.1 Å². The van der Waals surface area contributed by atoms with Crippen LogP contribution in [0.2, 0.25) is 0 Å². The van der Waals surface area contributed by atoms with Crippen LogP contribution in [0.5, 0.6) is 0 Å². The van der Waals surface area contributed by atoms with E-state index >= 15 is 0 Å². The molecule has 1 unspecified atom stereocenters. The molecule has 0 saturated carbocycles. The molecular formula is C20H30N6. The molecule has 0 amide bonds. The van der Waals surface area contributed by atoms with Crippen molar-refractivity contribution in [3.05, 3.63) is 42.4 Å². The van der Waals surface area contributed by atoms with E-state index in [0.29, 0.717) is 5.41 Å². The molecule has 26 heavy (non-hydrogen) atoms. The molecule has 1 aliphatic rings. The molecule has 0 aromatic carbocycles. The summed E-state index contributed by atoms with van der Waals surface area (Å²) < 4.78 is 1.78. The number of piperidine rings is 1. The van der Waals surface area contributed by atoms with Gasteiger partial charge in [-0.3, -0.25) is 4.99 Å². The zero-order valence-electron chi connectivity index (χ0n) is 16.1. The van der Waals surface area contributed by atoms with Crippen molar-refractivity contribution in [2.75, 3.05) is 20.1 Å². The predicted molar refractivity (Wildman–Crippen MR) is 105 cm³/mol. The van der Waals surface area contributed by atoms with Crippen LogP contribution in [-0.2, 0) is 6.54 Å². The fraction of sp³-hybridized carbons (Fsp3) is 0.550. The molecule has 0 spiro atoms. The maximum atomic E-state index is 4.52. The lowest BCUT2D eigenvalue weighted by molar-refractivity contribution is 0.142. The number of hydrogen-bond acceptors (Lipinski definition) is 3. The summed E-state index contributed by atoms with van der Waals surface area (Å²) >= 11 is 0. The average Bonchev–Trinajstić information content (AvgIpc) is 3.17. The Morgan fingerprint density at radius 1 is 1.38 bits per heavy atom. The second-order valence-electron chi connectivity index (χ2n) is 7.46. The van der Waals surface area contributed by atoms with Gasteiger partial charge in [0.15, 0.2) is 11.8 Å². The molecule has 0 aliphatic carbocycles. The summed E-state index contributed by atoms with van der Waals surface area (Å²) in [6, 6.07) is 5.99. The van der Waals surface area contributed by atoms with Gasteiger partial charge in [-0.1, -0.05) is 20.3 Å². The zero-order chi connectivity index (χ0) is 18.4. The van der Waals surface area contributed by atoms with Crippen LogP contribution in [0.25, 0.3) is 5.82 Å². The quantitative estimate of drug-likeness (QED) is 0.661. The summed E-state index contributed by atoms with van der Waals surface area (Å²) in [6.45, 7) is 7.57. The molecule has 140 valence electrons. The maximum absolute atomic E-state index is 4.52. The summed E-state index contributed by atoms with van der Waals surface area (Å²) in [6.07, 6.45) is 10.6. The topological polar surface area (TPSA) is 58.3 Å². The largest absolute Gasteiger partial charge is 0.352 e. The fourth-order valence-corrected chi connectivity index (χ4v) is 3.92. The lowest BCUT2D eigenvalue weighted by atomic mass is 9.78. The molecule has 0 bridgehead atoms. The van der Waals surface area contributed by atoms with Gasteiger partial charge in [-0.15, -0.1) is 0 Å². The van der Waals surface area contributed by atoms with Crippen molar-refractivity contribution in [1.82, 2.24) is 25.0 Å². The molecule has 6 heteroatoms. The smallest absolute Gasteiger partial charge is 0.193 e. The SMILES string of the molecule is CCCC1(C)CCCN(C(=NC)NCc2ccnc(-n3cccn3)c2)C1. The van der Waals surface area contributed by atoms with Gasteiger partial charge in [-0.2, -0.15) is 5.10 Å². The van der Waals surface area contributed by atoms with Crippen molar-refractivity contribution < 1.29 is 0 Å². The molecule has 3 heterocycles. The van der Waals surface area contributed by atoms with E-state index in [0.717, 1.165) is 31.4 Å². The van der Waals surface area contributed by atoms with Gasteiger partial charge in [-0.25, -0.2) is 9.67 Å². The minimum atomic E-state index is 0.397. The van der Waals surface area contributed by atoms with Crippen molar-refractivity contribution in [3.63, 3.8) is 0 Å². The minimum Gasteiger partial charge on any atom is -0.352 e. The van der Waals surface area contributed by atoms with E-state index in [1.807, 2.05) is 31.6 Å². The number of rotatable bonds is 5. The third-order valence-electron chi connectivity index (χ3n) is 5.15. The van der Waals surface area contributed by atoms with Gasteiger partial charge in [0.1, 0.15) is 0 Å². The summed E-state index contributed by atoms with van der Waals surface area (Å²) in [7, 11) is 1.87. The average molecular weight is 355 g/mol. The Balaban J connectivity index is 1.63. The van der Waals surface area contributed by atoms with Crippen LogP contribution < -0.4 is 5.32 Å². The molecule has 1 atom stereocenters. The molecule has 1 aliphatic heterocycles. The van der Waals surface area contributed by atoms with Crippen LogP contribution in [0, 0.1) is 5.41 Å². The van der Waals surface area contributed by atoms with Gasteiger partial charge >= 0.3 is 0 Å². The zero-order valence-corrected chi connectivity index (χ0v) is 16.1. The lowest BCUT2D eigenvalue weighted by Gasteiger charge is -2.42. The molecule has 1 saturated heterocycles. The number of aliphatic imine (C=N–C) groups is 1. The predicted octanol–water partition coefficient (Wildman–Crippen LogP) is 3.24. The Kier molecular flexibility index (Phi) is 5.91. The van der Waals surface area contributed by atoms with Crippen LogP contribution in [0.15, 0.2) is 41.8 Å². The van der Waals surface area contributed by atoms with Crippen LogP contribution in [-0.4, -0.2) is 45.8 Å². The Labute approximate surface area is 156 Å². The molecule has 6 nitrogen and oxygen atoms in total. The van der Waals surface area contributed by atoms with Gasteiger partial charge in [-0.05, 0) is 48.4 Å². The second-order valence-corrected chi connectivity index (χ2v) is 7.46. The minimum absolute atomic E-state index is 0.397. The number of pyridine rings is 1. The Hall–Kier alpha value is -2.37. The van der Waals surface area contributed by atoms with Crippen molar-refractivity contribution >= 4 is 5.96 Å². The number of guanidine groups is 1. The summed E-state index contributed by atoms with van der Waals surface area (Å²) in [5, 5.41) is 7.77. The third-order valence-corrected chi connectivity index (χ3v) is 5.15. The molecule has 3 rings (SSSR count). The molecular weight excluding hydrogens is 324 g/mol. The summed E-state index contributed by atoms with van der Waals surface area (Å²) in [4.78, 5) is 11.3. The third kappa shape index (κ3) is 4.42. The van der Waals surface area contributed by atoms with E-state index in [2.05, 4.69) is 45.2 Å². The number of likely N-dealkylation sites (tertiary alicyclic amines) is 1. The molecule has 1 N–H and O–H groups in total. The molecule has 1 fully saturated rings. The Morgan fingerprint density at radius 2 is 2.27 bits per heavy atom. The van der Waals surface area contributed by atoms with E-state index in [9.17, 15) is 0 Å². The highest BCUT2D eigenvalue weighted by Gasteiger charge is 2.31. The normalized spacial score (nSPS) is 21.0. The van der Waals surface area contributed by atoms with Crippen molar-refractivity contribution in [3.8, 4) is 5.82 Å². The van der Waals surface area contributed by atoms with Crippen molar-refractivity contribution in [1.29, 1.82) is 0 Å². The first-order chi connectivity index (χ1) is 12.6. The first-order valence-electron chi connectivity index (χ1n) is 9.54. The monoisotopic (exact) mass is 354 g/mol. The van der Waals surface area contributed by atoms with E-state index in [-0.39, 0.29) is 0 Å². The van der Waals surface area contributed by atoms with Gasteiger partial charge in [0.25, 0.3) is 0 Å². The number of nitrogens with zero attached hydrogens (tertiary/aromatic N) is 5. The van der Waals surface area contributed by atoms with E-state index in [1.165, 1.54) is 31.2 Å². The summed E-state index contributed by atoms with van der Waals surface area (Å²) in [5.41, 5.74) is 1.56. The molecule has 2 aromatic rings. The van der Waals surface area contributed by atoms with Crippen LogP contribution in [0.3, 0.4) is 0 Å². The van der Waals surface area contributed by atoms with Gasteiger partial charge < -0.3 is 10.2 Å². The highest BCUT2D eigenvalue weighted by Crippen LogP contribution is 2.33. The van der Waals surface area contributed by atoms with E-state index in [4.69, 9.17) is 0 Å². The number of nitrogens with one attached hydrogen (secondary N) is 1. The highest BCUT2D eigenvalue weighted by molar-refractivity contribution is 5.80. The highest BCUT2D eigenvalue weighted by atomic mass is 15.3. The summed E-state index contributed by atoms with van der Waals surface area (Å²) in [5.74, 6) is 1.82. The first-order valence-corrected chi connectivity index (χ1v) is 9.54. The van der Waals surface area contributed by atoms with Crippen LogP contribution in [0.4, 0.5) is 0 Å². The van der Waals surface area contributed by atoms with E-state index < -0.39 is 0 Å². The number of aromatic nitrogens is 3. The van der Waals surface area contributed by atoms with Gasteiger partial charge in [0, 0.05) is 45.3 Å². The Morgan fingerprint density at radius 3 is 3.00 bits per heavy atom. The van der Waals surface area contributed by atoms with Crippen LogP contribution >= 0.6 is 0 Å². The van der Waals surface area contributed by atoms with Gasteiger partial charge in [0.05, 0.1) is 0 Å². The fourth-order valence-electron chi connectivity index (χ4n) is 3.92. The standard InChI is InChI=1S/C20H30N6/c1-4-8-20(2)9-5-12-25(16-20)19(21-3)23-15-17-7-11-22-18(14-17)26-13-6-10-24-26/h6-7,10-11,13-14H,4-5,8-9,12,15-16H2,1-3H3,(H,21,23).